The standard InChI is InChI=1S/C30H40N4O2/c1-4-18-33(30(35)36-23-25-11-7-6-8-12-25)26-16-20-32(21-17-26)19-15-24(3)22-34-28-14-10-9-13-27(28)31-29(34)5-2/h4,6-14,24,26H,1,5,15-23H2,2-3H3. The Morgan fingerprint density at radius 3 is 2.61 bits per heavy atom. The second-order valence-electron chi connectivity index (χ2n) is 9.93. The highest BCUT2D eigenvalue weighted by Crippen LogP contribution is 2.22. The minimum atomic E-state index is -0.245. The zero-order valence-corrected chi connectivity index (χ0v) is 21.8. The largest absolute Gasteiger partial charge is 0.445 e. The molecule has 1 unspecified atom stereocenters. The normalized spacial score (nSPS) is 15.6. The van der Waals surface area contributed by atoms with Crippen molar-refractivity contribution in [1.82, 2.24) is 19.4 Å². The molecule has 1 fully saturated rings. The lowest BCUT2D eigenvalue weighted by Gasteiger charge is -2.38. The van der Waals surface area contributed by atoms with E-state index in [1.165, 1.54) is 11.3 Å². The van der Waals surface area contributed by atoms with E-state index in [4.69, 9.17) is 9.72 Å². The van der Waals surface area contributed by atoms with Crippen molar-refractivity contribution in [2.24, 2.45) is 5.92 Å². The fourth-order valence-corrected chi connectivity index (χ4v) is 5.17. The molecule has 0 saturated carbocycles. The first-order valence-corrected chi connectivity index (χ1v) is 13.3. The third kappa shape index (κ3) is 6.55. The molecule has 2 aromatic carbocycles. The number of ether oxygens (including phenoxy) is 1. The molecule has 2 heterocycles. The lowest BCUT2D eigenvalue weighted by atomic mass is 10.0. The summed E-state index contributed by atoms with van der Waals surface area (Å²) in [6.45, 7) is 13.3. The lowest BCUT2D eigenvalue weighted by Crippen LogP contribution is -2.47. The molecule has 1 aliphatic heterocycles. The van der Waals surface area contributed by atoms with E-state index in [1.807, 2.05) is 35.2 Å². The molecule has 0 bridgehead atoms. The Morgan fingerprint density at radius 1 is 1.17 bits per heavy atom. The van der Waals surface area contributed by atoms with Crippen molar-refractivity contribution >= 4 is 17.1 Å². The number of nitrogens with zero attached hydrogens (tertiary/aromatic N) is 4. The number of hydrogen-bond donors (Lipinski definition) is 0. The molecule has 192 valence electrons. The average molecular weight is 489 g/mol. The molecule has 4 rings (SSSR count). The number of likely N-dealkylation sites (tertiary alicyclic amines) is 1. The Hall–Kier alpha value is -3.12. The Labute approximate surface area is 215 Å². The quantitative estimate of drug-likeness (QED) is 0.315. The molecule has 0 aliphatic carbocycles. The van der Waals surface area contributed by atoms with E-state index in [-0.39, 0.29) is 12.1 Å². The van der Waals surface area contributed by atoms with Crippen LogP contribution >= 0.6 is 0 Å². The number of hydrogen-bond acceptors (Lipinski definition) is 4. The third-order valence-electron chi connectivity index (χ3n) is 7.25. The summed E-state index contributed by atoms with van der Waals surface area (Å²) in [6, 6.07) is 18.5. The molecule has 1 saturated heterocycles. The average Bonchev–Trinajstić information content (AvgIpc) is 3.27. The first kappa shape index (κ1) is 26.0. The van der Waals surface area contributed by atoms with Crippen LogP contribution in [-0.4, -0.2) is 57.7 Å². The van der Waals surface area contributed by atoms with Gasteiger partial charge >= 0.3 is 6.09 Å². The summed E-state index contributed by atoms with van der Waals surface area (Å²) in [4.78, 5) is 22.1. The van der Waals surface area contributed by atoms with Crippen LogP contribution in [0.1, 0.15) is 44.5 Å². The molecule has 0 radical (unpaired) electrons. The first-order chi connectivity index (χ1) is 17.6. The number of fused-ring (bicyclic) bond motifs is 1. The molecule has 6 heteroatoms. The summed E-state index contributed by atoms with van der Waals surface area (Å²) < 4.78 is 8.02. The number of para-hydroxylation sites is 2. The van der Waals surface area contributed by atoms with Gasteiger partial charge in [0.15, 0.2) is 0 Å². The Balaban J connectivity index is 1.24. The summed E-state index contributed by atoms with van der Waals surface area (Å²) in [6.07, 6.45) is 5.58. The summed E-state index contributed by atoms with van der Waals surface area (Å²) in [5.74, 6) is 1.74. The van der Waals surface area contributed by atoms with Crippen LogP contribution in [0.4, 0.5) is 4.79 Å². The van der Waals surface area contributed by atoms with Gasteiger partial charge in [0.1, 0.15) is 12.4 Å². The van der Waals surface area contributed by atoms with E-state index < -0.39 is 0 Å². The Bertz CT molecular complexity index is 1120. The number of aromatic nitrogens is 2. The third-order valence-corrected chi connectivity index (χ3v) is 7.25. The predicted molar refractivity (Wildman–Crippen MR) is 146 cm³/mol. The van der Waals surface area contributed by atoms with Gasteiger partial charge in [-0.15, -0.1) is 6.58 Å². The highest BCUT2D eigenvalue weighted by atomic mass is 16.6. The van der Waals surface area contributed by atoms with Gasteiger partial charge in [-0.05, 0) is 49.4 Å². The van der Waals surface area contributed by atoms with Gasteiger partial charge in [0.05, 0.1) is 11.0 Å². The molecule has 0 N–H and O–H groups in total. The highest BCUT2D eigenvalue weighted by Gasteiger charge is 2.28. The van der Waals surface area contributed by atoms with E-state index >= 15 is 0 Å². The van der Waals surface area contributed by atoms with E-state index in [2.05, 4.69) is 54.2 Å². The molecule has 6 nitrogen and oxygen atoms in total. The molecule has 1 atom stereocenters. The number of rotatable bonds is 11. The molecule has 36 heavy (non-hydrogen) atoms. The van der Waals surface area contributed by atoms with Crippen molar-refractivity contribution < 1.29 is 9.53 Å². The smallest absolute Gasteiger partial charge is 0.410 e. The van der Waals surface area contributed by atoms with Gasteiger partial charge in [-0.2, -0.15) is 0 Å². The molecular weight excluding hydrogens is 448 g/mol. The van der Waals surface area contributed by atoms with Crippen LogP contribution in [0.15, 0.2) is 67.3 Å². The topological polar surface area (TPSA) is 50.6 Å². The zero-order valence-electron chi connectivity index (χ0n) is 21.8. The summed E-state index contributed by atoms with van der Waals surface area (Å²) in [7, 11) is 0. The minimum absolute atomic E-state index is 0.198. The van der Waals surface area contributed by atoms with Gasteiger partial charge in [-0.3, -0.25) is 0 Å². The SMILES string of the molecule is C=CCN(C(=O)OCc1ccccc1)C1CCN(CCC(C)Cn2c(CC)nc3ccccc32)CC1. The van der Waals surface area contributed by atoms with Crippen LogP contribution in [0.25, 0.3) is 11.0 Å². The summed E-state index contributed by atoms with van der Waals surface area (Å²) >= 11 is 0. The second-order valence-corrected chi connectivity index (χ2v) is 9.93. The highest BCUT2D eigenvalue weighted by molar-refractivity contribution is 5.75. The number of carbonyl (C=O) groups is 1. The molecular formula is C30H40N4O2. The van der Waals surface area contributed by atoms with Crippen molar-refractivity contribution in [2.45, 2.75) is 58.7 Å². The van der Waals surface area contributed by atoms with E-state index in [1.54, 1.807) is 6.08 Å². The number of benzene rings is 2. The zero-order chi connectivity index (χ0) is 25.3. The maximum atomic E-state index is 12.8. The van der Waals surface area contributed by atoms with Gasteiger partial charge in [0.25, 0.3) is 0 Å². The van der Waals surface area contributed by atoms with E-state index in [0.29, 0.717) is 19.1 Å². The fraction of sp³-hybridized carbons (Fsp3) is 0.467. The van der Waals surface area contributed by atoms with Crippen LogP contribution in [0.2, 0.25) is 0 Å². The Morgan fingerprint density at radius 2 is 1.89 bits per heavy atom. The van der Waals surface area contributed by atoms with E-state index in [9.17, 15) is 4.79 Å². The number of amides is 1. The molecule has 0 spiro atoms. The second kappa shape index (κ2) is 12.7. The molecule has 1 amide bonds. The van der Waals surface area contributed by atoms with Gasteiger partial charge in [-0.1, -0.05) is 62.4 Å². The van der Waals surface area contributed by atoms with Crippen molar-refractivity contribution in [2.75, 3.05) is 26.2 Å². The van der Waals surface area contributed by atoms with Gasteiger partial charge in [0, 0.05) is 38.6 Å². The van der Waals surface area contributed by atoms with Crippen molar-refractivity contribution in [3.8, 4) is 0 Å². The van der Waals surface area contributed by atoms with Gasteiger partial charge in [0.2, 0.25) is 0 Å². The number of imidazole rings is 1. The maximum absolute atomic E-state index is 12.8. The predicted octanol–water partition coefficient (Wildman–Crippen LogP) is 5.91. The van der Waals surface area contributed by atoms with Gasteiger partial charge < -0.3 is 19.1 Å². The van der Waals surface area contributed by atoms with Crippen molar-refractivity contribution in [3.05, 3.63) is 78.6 Å². The van der Waals surface area contributed by atoms with Crippen molar-refractivity contribution in [1.29, 1.82) is 0 Å². The summed E-state index contributed by atoms with van der Waals surface area (Å²) in [5, 5.41) is 0. The van der Waals surface area contributed by atoms with Crippen LogP contribution < -0.4 is 0 Å². The van der Waals surface area contributed by atoms with E-state index in [0.717, 1.165) is 62.9 Å². The first-order valence-electron chi connectivity index (χ1n) is 13.3. The van der Waals surface area contributed by atoms with Crippen LogP contribution in [0, 0.1) is 5.92 Å². The fourth-order valence-electron chi connectivity index (χ4n) is 5.17. The van der Waals surface area contributed by atoms with Gasteiger partial charge in [-0.25, -0.2) is 9.78 Å². The lowest BCUT2D eigenvalue weighted by molar-refractivity contribution is 0.0651. The van der Waals surface area contributed by atoms with Crippen LogP contribution in [0.5, 0.6) is 0 Å². The maximum Gasteiger partial charge on any atom is 0.410 e. The number of aryl methyl sites for hydroxylation is 1. The molecule has 1 aromatic heterocycles. The van der Waals surface area contributed by atoms with Crippen LogP contribution in [-0.2, 0) is 24.3 Å². The molecule has 3 aromatic rings. The Kier molecular flexibility index (Phi) is 9.17. The monoisotopic (exact) mass is 488 g/mol. The minimum Gasteiger partial charge on any atom is -0.445 e. The van der Waals surface area contributed by atoms with Crippen molar-refractivity contribution in [3.63, 3.8) is 0 Å². The number of piperidine rings is 1. The molecule has 1 aliphatic rings. The number of carbonyl (C=O) groups excluding carboxylic acids is 1. The van der Waals surface area contributed by atoms with Crippen LogP contribution in [0.3, 0.4) is 0 Å². The summed E-state index contributed by atoms with van der Waals surface area (Å²) in [5.41, 5.74) is 3.33.